The third-order valence-electron chi connectivity index (χ3n) is 3.33. The molecule has 0 unspecified atom stereocenters. The van der Waals surface area contributed by atoms with E-state index in [0.29, 0.717) is 10.6 Å². The van der Waals surface area contributed by atoms with Crippen LogP contribution in [0.3, 0.4) is 0 Å². The van der Waals surface area contributed by atoms with Gasteiger partial charge in [0, 0.05) is 26.2 Å². The van der Waals surface area contributed by atoms with Crippen molar-refractivity contribution >= 4 is 17.3 Å². The monoisotopic (exact) mass is 263 g/mol. The largest absolute Gasteiger partial charge is 0.368 e. The molecule has 1 saturated heterocycles. The normalized spacial score (nSPS) is 16.6. The molecule has 0 aliphatic carbocycles. The molecule has 3 nitrogen and oxygen atoms in total. The number of hydrogen-bond donors (Lipinski definition) is 0. The number of benzene rings is 1. The summed E-state index contributed by atoms with van der Waals surface area (Å²) in [6.45, 7) is 7.57. The number of hydrogen-bond acceptors (Lipinski definition) is 3. The molecule has 0 radical (unpaired) electrons. The van der Waals surface area contributed by atoms with Gasteiger partial charge in [-0.15, -0.1) is 0 Å². The van der Waals surface area contributed by atoms with Crippen LogP contribution in [0.15, 0.2) is 18.2 Å². The first kappa shape index (κ1) is 13.2. The Kier molecular flexibility index (Phi) is 4.46. The molecule has 0 spiro atoms. The second-order valence-corrected chi connectivity index (χ2v) is 5.01. The molecule has 0 saturated carbocycles. The van der Waals surface area contributed by atoms with Gasteiger partial charge in [-0.1, -0.05) is 18.5 Å². The van der Waals surface area contributed by atoms with Gasteiger partial charge in [0.05, 0.1) is 22.3 Å². The Morgan fingerprint density at radius 1 is 1.28 bits per heavy atom. The summed E-state index contributed by atoms with van der Waals surface area (Å²) in [5.41, 5.74) is 1.67. The van der Waals surface area contributed by atoms with Crippen LogP contribution in [0.25, 0.3) is 0 Å². The van der Waals surface area contributed by atoms with Crippen LogP contribution in [0.1, 0.15) is 18.9 Å². The highest BCUT2D eigenvalue weighted by atomic mass is 35.5. The maximum atomic E-state index is 8.83. The van der Waals surface area contributed by atoms with Crippen molar-refractivity contribution in [3.05, 3.63) is 28.8 Å². The lowest BCUT2D eigenvalue weighted by molar-refractivity contribution is 0.258. The molecule has 1 aromatic rings. The van der Waals surface area contributed by atoms with Gasteiger partial charge in [0.1, 0.15) is 0 Å². The second-order valence-electron chi connectivity index (χ2n) is 4.61. The number of anilines is 1. The zero-order valence-corrected chi connectivity index (χ0v) is 11.5. The Balaban J connectivity index is 2.04. The van der Waals surface area contributed by atoms with Crippen molar-refractivity contribution in [1.29, 1.82) is 5.26 Å². The maximum Gasteiger partial charge on any atom is 0.0992 e. The van der Waals surface area contributed by atoms with Crippen molar-refractivity contribution in [1.82, 2.24) is 4.90 Å². The smallest absolute Gasteiger partial charge is 0.0992 e. The molecular formula is C14H18ClN3. The molecule has 0 N–H and O–H groups in total. The Morgan fingerprint density at radius 3 is 2.56 bits per heavy atom. The number of nitrogens with zero attached hydrogens (tertiary/aromatic N) is 3. The van der Waals surface area contributed by atoms with Gasteiger partial charge in [0.25, 0.3) is 0 Å². The first-order valence-corrected chi connectivity index (χ1v) is 6.79. The summed E-state index contributed by atoms with van der Waals surface area (Å²) in [7, 11) is 0. The summed E-state index contributed by atoms with van der Waals surface area (Å²) >= 11 is 6.23. The summed E-state index contributed by atoms with van der Waals surface area (Å²) in [5, 5.41) is 9.51. The van der Waals surface area contributed by atoms with E-state index in [-0.39, 0.29) is 0 Å². The summed E-state index contributed by atoms with van der Waals surface area (Å²) in [6, 6.07) is 7.64. The third-order valence-corrected chi connectivity index (χ3v) is 3.63. The van der Waals surface area contributed by atoms with Gasteiger partial charge in [0.15, 0.2) is 0 Å². The van der Waals surface area contributed by atoms with Crippen LogP contribution >= 0.6 is 11.6 Å². The van der Waals surface area contributed by atoms with Crippen LogP contribution < -0.4 is 4.90 Å². The van der Waals surface area contributed by atoms with Crippen LogP contribution in [-0.4, -0.2) is 37.6 Å². The highest BCUT2D eigenvalue weighted by molar-refractivity contribution is 6.33. The molecule has 0 aromatic heterocycles. The molecule has 2 rings (SSSR count). The Hall–Kier alpha value is -1.24. The third kappa shape index (κ3) is 2.95. The predicted octanol–water partition coefficient (Wildman–Crippen LogP) is 2.74. The van der Waals surface area contributed by atoms with Crippen LogP contribution in [0.4, 0.5) is 5.69 Å². The highest BCUT2D eigenvalue weighted by Crippen LogP contribution is 2.27. The van der Waals surface area contributed by atoms with Crippen molar-refractivity contribution in [2.45, 2.75) is 13.3 Å². The van der Waals surface area contributed by atoms with Gasteiger partial charge < -0.3 is 4.90 Å². The topological polar surface area (TPSA) is 30.3 Å². The Bertz CT molecular complexity index is 445. The zero-order chi connectivity index (χ0) is 13.0. The highest BCUT2D eigenvalue weighted by Gasteiger charge is 2.18. The summed E-state index contributed by atoms with van der Waals surface area (Å²) in [5.74, 6) is 0. The fraction of sp³-hybridized carbons (Fsp3) is 0.500. The standard InChI is InChI=1S/C14H18ClN3/c1-2-5-17-6-8-18(9-7-17)14-4-3-12(11-16)10-13(14)15/h3-4,10H,2,5-9H2,1H3. The van der Waals surface area contributed by atoms with Crippen LogP contribution in [-0.2, 0) is 0 Å². The lowest BCUT2D eigenvalue weighted by atomic mass is 10.2. The van der Waals surface area contributed by atoms with Crippen LogP contribution in [0, 0.1) is 11.3 Å². The minimum atomic E-state index is 0.619. The number of halogens is 1. The average Bonchev–Trinajstić information content (AvgIpc) is 2.40. The first-order chi connectivity index (χ1) is 8.74. The van der Waals surface area contributed by atoms with Gasteiger partial charge in [-0.25, -0.2) is 0 Å². The molecular weight excluding hydrogens is 246 g/mol. The minimum absolute atomic E-state index is 0.619. The van der Waals surface area contributed by atoms with E-state index in [4.69, 9.17) is 16.9 Å². The Morgan fingerprint density at radius 2 is 2.00 bits per heavy atom. The first-order valence-electron chi connectivity index (χ1n) is 6.41. The SMILES string of the molecule is CCCN1CCN(c2ccc(C#N)cc2Cl)CC1. The lowest BCUT2D eigenvalue weighted by Crippen LogP contribution is -2.46. The molecule has 18 heavy (non-hydrogen) atoms. The summed E-state index contributed by atoms with van der Waals surface area (Å²) < 4.78 is 0. The molecule has 0 amide bonds. The quantitative estimate of drug-likeness (QED) is 0.840. The van der Waals surface area contributed by atoms with E-state index < -0.39 is 0 Å². The van der Waals surface area contributed by atoms with Gasteiger partial charge >= 0.3 is 0 Å². The molecule has 1 aliphatic heterocycles. The van der Waals surface area contributed by atoms with E-state index in [1.165, 1.54) is 13.0 Å². The van der Waals surface area contributed by atoms with Gasteiger partial charge in [0.2, 0.25) is 0 Å². The van der Waals surface area contributed by atoms with Crippen molar-refractivity contribution < 1.29 is 0 Å². The van der Waals surface area contributed by atoms with E-state index in [9.17, 15) is 0 Å². The summed E-state index contributed by atoms with van der Waals surface area (Å²) in [6.07, 6.45) is 1.21. The number of rotatable bonds is 3. The van der Waals surface area contributed by atoms with Crippen molar-refractivity contribution in [3.8, 4) is 6.07 Å². The maximum absolute atomic E-state index is 8.83. The van der Waals surface area contributed by atoms with E-state index in [1.54, 1.807) is 6.07 Å². The summed E-state index contributed by atoms with van der Waals surface area (Å²) in [4.78, 5) is 4.78. The van der Waals surface area contributed by atoms with E-state index in [1.807, 2.05) is 12.1 Å². The van der Waals surface area contributed by atoms with E-state index in [0.717, 1.165) is 31.9 Å². The number of nitriles is 1. The molecule has 96 valence electrons. The van der Waals surface area contributed by atoms with Crippen molar-refractivity contribution in [3.63, 3.8) is 0 Å². The number of piperazine rings is 1. The molecule has 0 atom stereocenters. The lowest BCUT2D eigenvalue weighted by Gasteiger charge is -2.36. The predicted molar refractivity (Wildman–Crippen MR) is 75.1 cm³/mol. The Labute approximate surface area is 114 Å². The molecule has 0 bridgehead atoms. The minimum Gasteiger partial charge on any atom is -0.368 e. The van der Waals surface area contributed by atoms with Crippen molar-refractivity contribution in [2.75, 3.05) is 37.6 Å². The van der Waals surface area contributed by atoms with E-state index in [2.05, 4.69) is 22.8 Å². The van der Waals surface area contributed by atoms with Crippen LogP contribution in [0.2, 0.25) is 5.02 Å². The molecule has 1 aliphatic rings. The van der Waals surface area contributed by atoms with Crippen molar-refractivity contribution in [2.24, 2.45) is 0 Å². The fourth-order valence-electron chi connectivity index (χ4n) is 2.36. The van der Waals surface area contributed by atoms with Gasteiger partial charge in [-0.3, -0.25) is 4.90 Å². The van der Waals surface area contributed by atoms with Gasteiger partial charge in [-0.2, -0.15) is 5.26 Å². The average molecular weight is 264 g/mol. The van der Waals surface area contributed by atoms with E-state index >= 15 is 0 Å². The van der Waals surface area contributed by atoms with Crippen LogP contribution in [0.5, 0.6) is 0 Å². The molecule has 1 heterocycles. The zero-order valence-electron chi connectivity index (χ0n) is 10.7. The molecule has 1 aromatic carbocycles. The molecule has 4 heteroatoms. The second kappa shape index (κ2) is 6.08. The van der Waals surface area contributed by atoms with Gasteiger partial charge in [-0.05, 0) is 31.2 Å². The fourth-order valence-corrected chi connectivity index (χ4v) is 2.66. The molecule has 1 fully saturated rings.